The maximum absolute atomic E-state index is 11.0. The number of aromatic carboxylic acids is 1. The van der Waals surface area contributed by atoms with Crippen LogP contribution < -0.4 is 5.32 Å². The van der Waals surface area contributed by atoms with Crippen molar-refractivity contribution in [2.75, 3.05) is 5.32 Å². The van der Waals surface area contributed by atoms with E-state index in [1.165, 1.54) is 0 Å². The molecule has 0 fully saturated rings. The summed E-state index contributed by atoms with van der Waals surface area (Å²) in [5.74, 6) is -0.245. The Bertz CT molecular complexity index is 387. The van der Waals surface area contributed by atoms with Gasteiger partial charge in [-0.1, -0.05) is 20.8 Å². The molecular formula is C13H20N2O2. The molecule has 0 radical (unpaired) electrons. The van der Waals surface area contributed by atoms with Gasteiger partial charge in [0.05, 0.1) is 5.56 Å². The number of nitrogens with zero attached hydrogens (tertiary/aromatic N) is 1. The van der Waals surface area contributed by atoms with Gasteiger partial charge in [0.1, 0.15) is 5.82 Å². The van der Waals surface area contributed by atoms with Crippen molar-refractivity contribution in [2.45, 2.75) is 46.1 Å². The molecule has 0 aliphatic heterocycles. The first-order chi connectivity index (χ1) is 8.10. The van der Waals surface area contributed by atoms with Gasteiger partial charge in [0.25, 0.3) is 0 Å². The van der Waals surface area contributed by atoms with Gasteiger partial charge in [-0.3, -0.25) is 0 Å². The second-order valence-electron chi connectivity index (χ2n) is 4.05. The minimum absolute atomic E-state index is 0.297. The smallest absolute Gasteiger partial charge is 0.335 e. The Labute approximate surface area is 102 Å². The van der Waals surface area contributed by atoms with Gasteiger partial charge in [0.2, 0.25) is 0 Å². The molecule has 17 heavy (non-hydrogen) atoms. The molecule has 0 amide bonds. The molecule has 2 N–H and O–H groups in total. The van der Waals surface area contributed by atoms with Crippen molar-refractivity contribution in [3.05, 3.63) is 23.4 Å². The topological polar surface area (TPSA) is 62.2 Å². The summed E-state index contributed by atoms with van der Waals surface area (Å²) in [7, 11) is 0. The second kappa shape index (κ2) is 6.23. The van der Waals surface area contributed by atoms with Crippen LogP contribution in [0, 0.1) is 0 Å². The van der Waals surface area contributed by atoms with Crippen molar-refractivity contribution in [2.24, 2.45) is 0 Å². The Morgan fingerprint density at radius 1 is 1.35 bits per heavy atom. The molecule has 0 spiro atoms. The van der Waals surface area contributed by atoms with Crippen LogP contribution in [0.15, 0.2) is 12.1 Å². The Balaban J connectivity index is 2.98. The minimum atomic E-state index is -0.908. The van der Waals surface area contributed by atoms with Gasteiger partial charge in [-0.25, -0.2) is 9.78 Å². The summed E-state index contributed by atoms with van der Waals surface area (Å²) in [6.07, 6.45) is 2.73. The van der Waals surface area contributed by atoms with Crippen LogP contribution >= 0.6 is 0 Å². The molecule has 0 saturated heterocycles. The van der Waals surface area contributed by atoms with Crippen LogP contribution in [0.4, 0.5) is 5.82 Å². The lowest BCUT2D eigenvalue weighted by Crippen LogP contribution is -2.18. The van der Waals surface area contributed by atoms with Crippen molar-refractivity contribution >= 4 is 11.8 Å². The summed E-state index contributed by atoms with van der Waals surface area (Å²) in [5, 5.41) is 12.3. The van der Waals surface area contributed by atoms with Crippen LogP contribution in [0.25, 0.3) is 0 Å². The monoisotopic (exact) mass is 236 g/mol. The Morgan fingerprint density at radius 3 is 2.47 bits per heavy atom. The molecule has 0 aliphatic carbocycles. The van der Waals surface area contributed by atoms with E-state index in [-0.39, 0.29) is 0 Å². The van der Waals surface area contributed by atoms with Crippen LogP contribution in [0.5, 0.6) is 0 Å². The van der Waals surface area contributed by atoms with Crippen molar-refractivity contribution < 1.29 is 9.90 Å². The van der Waals surface area contributed by atoms with Crippen LogP contribution in [-0.4, -0.2) is 22.1 Å². The Hall–Kier alpha value is -1.58. The molecule has 0 saturated carbocycles. The van der Waals surface area contributed by atoms with E-state index in [9.17, 15) is 4.79 Å². The molecule has 0 bridgehead atoms. The highest BCUT2D eigenvalue weighted by atomic mass is 16.4. The van der Waals surface area contributed by atoms with Crippen LogP contribution in [0.1, 0.15) is 49.7 Å². The number of rotatable bonds is 6. The summed E-state index contributed by atoms with van der Waals surface area (Å²) in [6.45, 7) is 6.17. The molecular weight excluding hydrogens is 216 g/mol. The van der Waals surface area contributed by atoms with E-state index in [4.69, 9.17) is 5.11 Å². The predicted octanol–water partition coefficient (Wildman–Crippen LogP) is 2.94. The fraction of sp³-hybridized carbons (Fsp3) is 0.538. The Morgan fingerprint density at radius 2 is 2.00 bits per heavy atom. The first-order valence-corrected chi connectivity index (χ1v) is 6.11. The van der Waals surface area contributed by atoms with Gasteiger partial charge in [-0.2, -0.15) is 0 Å². The highest BCUT2D eigenvalue weighted by Gasteiger charge is 2.10. The van der Waals surface area contributed by atoms with Gasteiger partial charge in [0, 0.05) is 11.7 Å². The van der Waals surface area contributed by atoms with Crippen LogP contribution in [-0.2, 0) is 6.42 Å². The van der Waals surface area contributed by atoms with Gasteiger partial charge < -0.3 is 10.4 Å². The highest BCUT2D eigenvalue weighted by molar-refractivity contribution is 5.88. The van der Waals surface area contributed by atoms with E-state index < -0.39 is 5.97 Å². The number of hydrogen-bond donors (Lipinski definition) is 2. The molecule has 0 atom stereocenters. The lowest BCUT2D eigenvalue weighted by molar-refractivity contribution is 0.0696. The summed E-state index contributed by atoms with van der Waals surface area (Å²) in [6, 6.07) is 3.57. The third kappa shape index (κ3) is 3.73. The molecule has 94 valence electrons. The lowest BCUT2D eigenvalue weighted by atomic mass is 10.1. The number of carbonyl (C=O) groups is 1. The zero-order valence-electron chi connectivity index (χ0n) is 10.7. The summed E-state index contributed by atoms with van der Waals surface area (Å²) in [4.78, 5) is 15.4. The molecule has 4 nitrogen and oxygen atoms in total. The van der Waals surface area contributed by atoms with E-state index in [1.54, 1.807) is 12.1 Å². The van der Waals surface area contributed by atoms with Gasteiger partial charge in [-0.05, 0) is 31.4 Å². The summed E-state index contributed by atoms with van der Waals surface area (Å²) < 4.78 is 0. The minimum Gasteiger partial charge on any atom is -0.478 e. The number of aryl methyl sites for hydroxylation is 1. The zero-order chi connectivity index (χ0) is 12.8. The van der Waals surface area contributed by atoms with E-state index in [0.29, 0.717) is 17.4 Å². The maximum Gasteiger partial charge on any atom is 0.335 e. The van der Waals surface area contributed by atoms with E-state index in [2.05, 4.69) is 24.1 Å². The fourth-order valence-electron chi connectivity index (χ4n) is 1.67. The first kappa shape index (κ1) is 13.5. The number of nitrogens with one attached hydrogen (secondary N) is 1. The van der Waals surface area contributed by atoms with Crippen molar-refractivity contribution in [3.8, 4) is 0 Å². The second-order valence-corrected chi connectivity index (χ2v) is 4.05. The van der Waals surface area contributed by atoms with Crippen molar-refractivity contribution in [1.29, 1.82) is 0 Å². The average molecular weight is 236 g/mol. The molecule has 1 aromatic rings. The number of carboxylic acid groups (broad SMARTS) is 1. The lowest BCUT2D eigenvalue weighted by Gasteiger charge is -2.16. The molecule has 0 aromatic carbocycles. The van der Waals surface area contributed by atoms with Gasteiger partial charge in [0.15, 0.2) is 0 Å². The first-order valence-electron chi connectivity index (χ1n) is 6.11. The Kier molecular flexibility index (Phi) is 4.94. The van der Waals surface area contributed by atoms with Crippen LogP contribution in [0.3, 0.4) is 0 Å². The summed E-state index contributed by atoms with van der Waals surface area (Å²) in [5.41, 5.74) is 1.10. The SMILES string of the molecule is CCc1cc(C(=O)O)cc(NC(CC)CC)n1. The maximum atomic E-state index is 11.0. The molecule has 1 aromatic heterocycles. The zero-order valence-corrected chi connectivity index (χ0v) is 10.7. The number of anilines is 1. The predicted molar refractivity (Wildman–Crippen MR) is 68.6 cm³/mol. The third-order valence-electron chi connectivity index (χ3n) is 2.83. The normalized spacial score (nSPS) is 10.6. The number of aromatic nitrogens is 1. The van der Waals surface area contributed by atoms with Gasteiger partial charge >= 0.3 is 5.97 Å². The van der Waals surface area contributed by atoms with Crippen molar-refractivity contribution in [3.63, 3.8) is 0 Å². The van der Waals surface area contributed by atoms with Gasteiger partial charge in [-0.15, -0.1) is 0 Å². The molecule has 0 aliphatic rings. The van der Waals surface area contributed by atoms with E-state index in [1.807, 2.05) is 6.92 Å². The molecule has 1 rings (SSSR count). The highest BCUT2D eigenvalue weighted by Crippen LogP contribution is 2.14. The standard InChI is InChI=1S/C13H20N2O2/c1-4-10(5-2)14-12-8-9(13(16)17)7-11(6-3)15-12/h7-8,10H,4-6H2,1-3H3,(H,14,15)(H,16,17). The molecule has 1 heterocycles. The van der Waals surface area contributed by atoms with Crippen molar-refractivity contribution in [1.82, 2.24) is 4.98 Å². The molecule has 0 unspecified atom stereocenters. The fourth-order valence-corrected chi connectivity index (χ4v) is 1.67. The average Bonchev–Trinajstić information content (AvgIpc) is 2.35. The number of carboxylic acids is 1. The molecule has 4 heteroatoms. The van der Waals surface area contributed by atoms with Crippen LogP contribution in [0.2, 0.25) is 0 Å². The van der Waals surface area contributed by atoms with E-state index >= 15 is 0 Å². The van der Waals surface area contributed by atoms with E-state index in [0.717, 1.165) is 25.0 Å². The quantitative estimate of drug-likeness (QED) is 0.797. The largest absolute Gasteiger partial charge is 0.478 e. The summed E-state index contributed by atoms with van der Waals surface area (Å²) >= 11 is 0. The number of hydrogen-bond acceptors (Lipinski definition) is 3. The number of pyridine rings is 1. The third-order valence-corrected chi connectivity index (χ3v) is 2.83.